The average Bonchev–Trinajstić information content (AvgIpc) is 2.90. The highest BCUT2D eigenvalue weighted by Gasteiger charge is 2.10. The number of H-pyrrole nitrogens is 1. The number of hydrogen-bond donors (Lipinski definition) is 1. The highest BCUT2D eigenvalue weighted by Crippen LogP contribution is 2.18. The monoisotopic (exact) mass is 287 g/mol. The first-order valence-electron chi connectivity index (χ1n) is 6.67. The molecule has 0 spiro atoms. The van der Waals surface area contributed by atoms with Crippen molar-refractivity contribution in [3.8, 4) is 0 Å². The lowest BCUT2D eigenvalue weighted by Gasteiger charge is -1.97. The van der Waals surface area contributed by atoms with Crippen LogP contribution in [0.15, 0.2) is 30.3 Å². The molecule has 1 heterocycles. The van der Waals surface area contributed by atoms with Gasteiger partial charge in [0.25, 0.3) is 0 Å². The molecule has 1 aromatic heterocycles. The second-order valence-corrected chi connectivity index (χ2v) is 4.43. The summed E-state index contributed by atoms with van der Waals surface area (Å²) >= 11 is 0. The van der Waals surface area contributed by atoms with Gasteiger partial charge in [-0.1, -0.05) is 24.3 Å². The lowest BCUT2D eigenvalue weighted by atomic mass is 10.1. The van der Waals surface area contributed by atoms with Gasteiger partial charge in [0.1, 0.15) is 5.69 Å². The van der Waals surface area contributed by atoms with E-state index in [0.717, 1.165) is 16.5 Å². The summed E-state index contributed by atoms with van der Waals surface area (Å²) in [6.07, 6.45) is 3.80. The van der Waals surface area contributed by atoms with Crippen molar-refractivity contribution in [1.82, 2.24) is 4.98 Å². The van der Waals surface area contributed by atoms with Crippen molar-refractivity contribution in [2.75, 3.05) is 13.7 Å². The largest absolute Gasteiger partial charge is 0.469 e. The van der Waals surface area contributed by atoms with Gasteiger partial charge < -0.3 is 14.5 Å². The van der Waals surface area contributed by atoms with E-state index in [9.17, 15) is 9.59 Å². The van der Waals surface area contributed by atoms with Crippen molar-refractivity contribution < 1.29 is 19.1 Å². The van der Waals surface area contributed by atoms with Crippen LogP contribution in [0.2, 0.25) is 0 Å². The zero-order valence-corrected chi connectivity index (χ0v) is 12.0. The van der Waals surface area contributed by atoms with Crippen LogP contribution in [0, 0.1) is 0 Å². The van der Waals surface area contributed by atoms with Gasteiger partial charge in [0.05, 0.1) is 20.1 Å². The number of carbonyl (C=O) groups excluding carboxylic acids is 2. The van der Waals surface area contributed by atoms with Crippen LogP contribution < -0.4 is 0 Å². The summed E-state index contributed by atoms with van der Waals surface area (Å²) in [5.41, 5.74) is 2.21. The first kappa shape index (κ1) is 14.8. The summed E-state index contributed by atoms with van der Waals surface area (Å²) < 4.78 is 9.52. The van der Waals surface area contributed by atoms with Gasteiger partial charge in [-0.05, 0) is 24.6 Å². The number of hydrogen-bond acceptors (Lipinski definition) is 4. The summed E-state index contributed by atoms with van der Waals surface area (Å²) in [6.45, 7) is 2.11. The van der Waals surface area contributed by atoms with Crippen molar-refractivity contribution in [1.29, 1.82) is 0 Å². The molecule has 1 N–H and O–H groups in total. The topological polar surface area (TPSA) is 68.4 Å². The molecule has 0 amide bonds. The van der Waals surface area contributed by atoms with Crippen molar-refractivity contribution in [3.63, 3.8) is 0 Å². The Bertz CT molecular complexity index is 685. The third-order valence-corrected chi connectivity index (χ3v) is 2.96. The molecule has 0 aliphatic carbocycles. The van der Waals surface area contributed by atoms with Crippen LogP contribution in [0.1, 0.15) is 29.4 Å². The Kier molecular flexibility index (Phi) is 4.77. The van der Waals surface area contributed by atoms with Crippen LogP contribution in [0.25, 0.3) is 17.0 Å². The molecule has 0 fully saturated rings. The molecule has 0 aliphatic rings. The quantitative estimate of drug-likeness (QED) is 0.858. The minimum Gasteiger partial charge on any atom is -0.469 e. The first-order chi connectivity index (χ1) is 10.1. The van der Waals surface area contributed by atoms with Crippen LogP contribution in [-0.4, -0.2) is 30.6 Å². The number of aromatic amines is 1. The molecule has 21 heavy (non-hydrogen) atoms. The number of ether oxygens (including phenoxy) is 2. The Morgan fingerprint density at radius 3 is 2.81 bits per heavy atom. The van der Waals surface area contributed by atoms with Crippen LogP contribution in [0.5, 0.6) is 0 Å². The molecule has 0 saturated heterocycles. The molecule has 110 valence electrons. The molecular weight excluding hydrogens is 270 g/mol. The molecule has 0 bridgehead atoms. The normalized spacial score (nSPS) is 11.0. The number of rotatable bonds is 5. The van der Waals surface area contributed by atoms with E-state index < -0.39 is 0 Å². The molecule has 2 aromatic rings. The standard InChI is InChI=1S/C16H17NO4/c1-3-21-16(19)14-10-12-8-7-11(9-13(12)17-14)5-4-6-15(18)20-2/h4-5,7-10,17H,3,6H2,1-2H3. The van der Waals surface area contributed by atoms with E-state index in [2.05, 4.69) is 9.72 Å². The van der Waals surface area contributed by atoms with Crippen molar-refractivity contribution in [2.24, 2.45) is 0 Å². The molecule has 0 saturated carbocycles. The number of benzene rings is 1. The van der Waals surface area contributed by atoms with E-state index in [-0.39, 0.29) is 18.4 Å². The molecule has 0 atom stereocenters. The van der Waals surface area contributed by atoms with Gasteiger partial charge in [-0.25, -0.2) is 4.79 Å². The van der Waals surface area contributed by atoms with E-state index >= 15 is 0 Å². The summed E-state index contributed by atoms with van der Waals surface area (Å²) in [7, 11) is 1.36. The highest BCUT2D eigenvalue weighted by molar-refractivity contribution is 5.95. The fourth-order valence-electron chi connectivity index (χ4n) is 1.94. The van der Waals surface area contributed by atoms with Crippen LogP contribution in [0.3, 0.4) is 0 Å². The zero-order valence-electron chi connectivity index (χ0n) is 12.0. The van der Waals surface area contributed by atoms with Gasteiger partial charge in [0.15, 0.2) is 0 Å². The van der Waals surface area contributed by atoms with Crippen molar-refractivity contribution >= 4 is 28.9 Å². The Hall–Kier alpha value is -2.56. The third kappa shape index (κ3) is 3.72. The van der Waals surface area contributed by atoms with Crippen LogP contribution in [0.4, 0.5) is 0 Å². The number of esters is 2. The Balaban J connectivity index is 2.17. The summed E-state index contributed by atoms with van der Waals surface area (Å²) in [4.78, 5) is 25.7. The smallest absolute Gasteiger partial charge is 0.354 e. The Morgan fingerprint density at radius 1 is 1.29 bits per heavy atom. The molecule has 0 unspecified atom stereocenters. The van der Waals surface area contributed by atoms with Gasteiger partial charge in [0.2, 0.25) is 0 Å². The van der Waals surface area contributed by atoms with Crippen molar-refractivity contribution in [3.05, 3.63) is 41.6 Å². The summed E-state index contributed by atoms with van der Waals surface area (Å²) in [5, 5.41) is 0.933. The van der Waals surface area contributed by atoms with E-state index in [4.69, 9.17) is 4.74 Å². The van der Waals surface area contributed by atoms with Gasteiger partial charge >= 0.3 is 11.9 Å². The number of methoxy groups -OCH3 is 1. The zero-order chi connectivity index (χ0) is 15.2. The number of carbonyl (C=O) groups is 2. The van der Waals surface area contributed by atoms with Gasteiger partial charge in [-0.3, -0.25) is 4.79 Å². The molecule has 0 aliphatic heterocycles. The summed E-state index contributed by atoms with van der Waals surface area (Å²) in [6, 6.07) is 7.49. The lowest BCUT2D eigenvalue weighted by Crippen LogP contribution is -2.04. The second-order valence-electron chi connectivity index (χ2n) is 4.43. The first-order valence-corrected chi connectivity index (χ1v) is 6.67. The Labute approximate surface area is 122 Å². The molecule has 1 aromatic carbocycles. The maximum atomic E-state index is 11.7. The molecule has 5 nitrogen and oxygen atoms in total. The Morgan fingerprint density at radius 2 is 2.10 bits per heavy atom. The number of fused-ring (bicyclic) bond motifs is 1. The van der Waals surface area contributed by atoms with E-state index in [1.54, 1.807) is 19.1 Å². The predicted octanol–water partition coefficient (Wildman–Crippen LogP) is 2.92. The maximum absolute atomic E-state index is 11.7. The molecule has 2 rings (SSSR count). The van der Waals surface area contributed by atoms with Crippen LogP contribution in [-0.2, 0) is 14.3 Å². The van der Waals surface area contributed by atoms with Crippen LogP contribution >= 0.6 is 0 Å². The van der Waals surface area contributed by atoms with Crippen molar-refractivity contribution in [2.45, 2.75) is 13.3 Å². The fraction of sp³-hybridized carbons (Fsp3) is 0.250. The fourth-order valence-corrected chi connectivity index (χ4v) is 1.94. The number of aromatic nitrogens is 1. The van der Waals surface area contributed by atoms with Gasteiger partial charge in [-0.15, -0.1) is 0 Å². The lowest BCUT2D eigenvalue weighted by molar-refractivity contribution is -0.139. The van der Waals surface area contributed by atoms with E-state index in [1.165, 1.54) is 7.11 Å². The van der Waals surface area contributed by atoms with E-state index in [1.807, 2.05) is 24.3 Å². The average molecular weight is 287 g/mol. The summed E-state index contributed by atoms with van der Waals surface area (Å²) in [5.74, 6) is -0.645. The molecular formula is C16H17NO4. The predicted molar refractivity (Wildman–Crippen MR) is 79.9 cm³/mol. The van der Waals surface area contributed by atoms with Gasteiger partial charge in [0, 0.05) is 10.9 Å². The molecule has 5 heteroatoms. The maximum Gasteiger partial charge on any atom is 0.354 e. The molecule has 0 radical (unpaired) electrons. The van der Waals surface area contributed by atoms with Gasteiger partial charge in [-0.2, -0.15) is 0 Å². The van der Waals surface area contributed by atoms with E-state index in [0.29, 0.717) is 12.3 Å². The highest BCUT2D eigenvalue weighted by atomic mass is 16.5. The third-order valence-electron chi connectivity index (χ3n) is 2.96. The number of nitrogens with one attached hydrogen (secondary N) is 1. The minimum atomic E-state index is -0.364. The SMILES string of the molecule is CCOC(=O)c1cc2ccc(C=CCC(=O)OC)cc2[nH]1. The second kappa shape index (κ2) is 6.74. The minimum absolute atomic E-state index is 0.230.